The average Bonchev–Trinajstić information content (AvgIpc) is 2.89. The minimum absolute atomic E-state index is 0.413. The van der Waals surface area contributed by atoms with E-state index in [1.807, 2.05) is 0 Å². The second-order valence-corrected chi connectivity index (χ2v) is 4.17. The molecule has 6 N–H and O–H groups in total. The molecule has 0 aliphatic rings. The van der Waals surface area contributed by atoms with E-state index in [1.165, 1.54) is 0 Å². The Kier molecular flexibility index (Phi) is 4.53. The van der Waals surface area contributed by atoms with E-state index in [2.05, 4.69) is 43.0 Å². The quantitative estimate of drug-likeness (QED) is 0.461. The molecule has 0 aromatic carbocycles. The van der Waals surface area contributed by atoms with Crippen LogP contribution in [0.3, 0.4) is 0 Å². The lowest BCUT2D eigenvalue weighted by molar-refractivity contribution is 0.249. The normalized spacial score (nSPS) is 10.4. The summed E-state index contributed by atoms with van der Waals surface area (Å²) in [5.41, 5.74) is 5.65. The van der Waals surface area contributed by atoms with Crippen LogP contribution in [0, 0.1) is 0 Å². The summed E-state index contributed by atoms with van der Waals surface area (Å²) in [5, 5.41) is 16.3. The summed E-state index contributed by atoms with van der Waals surface area (Å²) in [7, 11) is 0. The maximum atomic E-state index is 10.6. The van der Waals surface area contributed by atoms with Gasteiger partial charge in [0.15, 0.2) is 5.65 Å². The zero-order chi connectivity index (χ0) is 14.4. The van der Waals surface area contributed by atoms with E-state index in [0.29, 0.717) is 30.5 Å². The highest BCUT2D eigenvalue weighted by atomic mass is 16.2. The number of aromatic amines is 1. The van der Waals surface area contributed by atoms with Crippen molar-refractivity contribution in [2.75, 3.05) is 30.3 Å². The Morgan fingerprint density at radius 2 is 2.15 bits per heavy atom. The van der Waals surface area contributed by atoms with E-state index in [9.17, 15) is 4.79 Å². The Balaban J connectivity index is 2.08. The summed E-state index contributed by atoms with van der Waals surface area (Å²) in [5.74, 6) is 1.20. The van der Waals surface area contributed by atoms with Gasteiger partial charge in [-0.2, -0.15) is 15.1 Å². The van der Waals surface area contributed by atoms with E-state index in [4.69, 9.17) is 5.73 Å². The molecule has 2 amide bonds. The van der Waals surface area contributed by atoms with Crippen LogP contribution < -0.4 is 21.7 Å². The summed E-state index contributed by atoms with van der Waals surface area (Å²) in [6.07, 6.45) is 2.64. The van der Waals surface area contributed by atoms with E-state index in [1.54, 1.807) is 6.20 Å². The molecule has 0 spiro atoms. The van der Waals surface area contributed by atoms with Gasteiger partial charge in [0, 0.05) is 19.6 Å². The van der Waals surface area contributed by atoms with Gasteiger partial charge in [0.2, 0.25) is 5.95 Å². The van der Waals surface area contributed by atoms with Crippen molar-refractivity contribution in [3.8, 4) is 0 Å². The third-order valence-corrected chi connectivity index (χ3v) is 2.56. The minimum Gasteiger partial charge on any atom is -0.368 e. The van der Waals surface area contributed by atoms with Crippen molar-refractivity contribution in [2.45, 2.75) is 13.3 Å². The van der Waals surface area contributed by atoms with Gasteiger partial charge in [-0.3, -0.25) is 5.10 Å². The molecule has 0 radical (unpaired) electrons. The number of hydrogen-bond acceptors (Lipinski definition) is 6. The smallest absolute Gasteiger partial charge is 0.312 e. The maximum absolute atomic E-state index is 10.6. The number of carbonyl (C=O) groups excluding carboxylic acids is 1. The zero-order valence-electron chi connectivity index (χ0n) is 11.2. The lowest BCUT2D eigenvalue weighted by Gasteiger charge is -2.09. The highest BCUT2D eigenvalue weighted by Crippen LogP contribution is 2.19. The number of carbonyl (C=O) groups is 1. The molecule has 2 rings (SSSR count). The lowest BCUT2D eigenvalue weighted by atomic mass is 10.4. The Labute approximate surface area is 115 Å². The maximum Gasteiger partial charge on any atom is 0.312 e. The number of H-pyrrole nitrogens is 1. The highest BCUT2D eigenvalue weighted by molar-refractivity contribution is 5.86. The second-order valence-electron chi connectivity index (χ2n) is 4.17. The van der Waals surface area contributed by atoms with E-state index in [0.717, 1.165) is 18.4 Å². The molecule has 0 unspecified atom stereocenters. The summed E-state index contributed by atoms with van der Waals surface area (Å²) in [6.45, 7) is 3.78. The summed E-state index contributed by atoms with van der Waals surface area (Å²) < 4.78 is 0. The first-order valence-corrected chi connectivity index (χ1v) is 6.43. The molecule has 0 aliphatic carbocycles. The average molecular weight is 278 g/mol. The number of nitrogens with two attached hydrogens (primary N) is 1. The van der Waals surface area contributed by atoms with Crippen molar-refractivity contribution in [3.63, 3.8) is 0 Å². The van der Waals surface area contributed by atoms with Crippen molar-refractivity contribution < 1.29 is 4.79 Å². The van der Waals surface area contributed by atoms with Crippen LogP contribution in [0.15, 0.2) is 6.20 Å². The Morgan fingerprint density at radius 3 is 2.90 bits per heavy atom. The molecular weight excluding hydrogens is 260 g/mol. The summed E-state index contributed by atoms with van der Waals surface area (Å²) in [6, 6.07) is -0.548. The largest absolute Gasteiger partial charge is 0.368 e. The third-order valence-electron chi connectivity index (χ3n) is 2.56. The second kappa shape index (κ2) is 6.55. The fourth-order valence-corrected chi connectivity index (χ4v) is 1.65. The number of rotatable bonds is 7. The number of fused-ring (bicyclic) bond motifs is 1. The number of primary amides is 1. The Morgan fingerprint density at radius 1 is 1.30 bits per heavy atom. The first-order chi connectivity index (χ1) is 9.70. The molecule has 0 saturated heterocycles. The molecule has 0 fully saturated rings. The van der Waals surface area contributed by atoms with Gasteiger partial charge in [0.05, 0.1) is 11.6 Å². The van der Waals surface area contributed by atoms with Gasteiger partial charge in [-0.1, -0.05) is 6.92 Å². The minimum atomic E-state index is -0.548. The molecule has 2 aromatic rings. The first kappa shape index (κ1) is 13.8. The standard InChI is InChI=1S/C11H18N8O/c1-2-3-15-11-17-8(13-4-5-14-10(12)20)7-6-16-19-9(7)18-11/h6H,2-5H2,1H3,(H3,12,14,20)(H3,13,15,16,17,18,19). The molecule has 9 nitrogen and oxygen atoms in total. The summed E-state index contributed by atoms with van der Waals surface area (Å²) in [4.78, 5) is 19.3. The van der Waals surface area contributed by atoms with Crippen molar-refractivity contribution in [3.05, 3.63) is 6.20 Å². The van der Waals surface area contributed by atoms with Crippen molar-refractivity contribution >= 4 is 28.8 Å². The molecular formula is C11H18N8O. The van der Waals surface area contributed by atoms with E-state index in [-0.39, 0.29) is 0 Å². The Bertz CT molecular complexity index is 581. The van der Waals surface area contributed by atoms with Crippen LogP contribution in [-0.2, 0) is 0 Å². The zero-order valence-corrected chi connectivity index (χ0v) is 11.2. The fourth-order valence-electron chi connectivity index (χ4n) is 1.65. The first-order valence-electron chi connectivity index (χ1n) is 6.43. The van der Waals surface area contributed by atoms with Crippen molar-refractivity contribution in [2.24, 2.45) is 5.73 Å². The van der Waals surface area contributed by atoms with Crippen LogP contribution in [-0.4, -0.2) is 45.8 Å². The van der Waals surface area contributed by atoms with Gasteiger partial charge in [-0.25, -0.2) is 4.79 Å². The predicted octanol–water partition coefficient (Wildman–Crippen LogP) is 0.255. The highest BCUT2D eigenvalue weighted by Gasteiger charge is 2.08. The van der Waals surface area contributed by atoms with Gasteiger partial charge in [-0.05, 0) is 6.42 Å². The number of hydrogen-bond donors (Lipinski definition) is 5. The molecule has 20 heavy (non-hydrogen) atoms. The molecule has 0 aliphatic heterocycles. The number of anilines is 2. The number of nitrogens with zero attached hydrogens (tertiary/aromatic N) is 3. The van der Waals surface area contributed by atoms with E-state index >= 15 is 0 Å². The Hall–Kier alpha value is -2.58. The van der Waals surface area contributed by atoms with E-state index < -0.39 is 6.03 Å². The molecule has 2 heterocycles. The number of urea groups is 1. The van der Waals surface area contributed by atoms with Crippen LogP contribution in [0.25, 0.3) is 11.0 Å². The van der Waals surface area contributed by atoms with Gasteiger partial charge in [-0.15, -0.1) is 0 Å². The summed E-state index contributed by atoms with van der Waals surface area (Å²) >= 11 is 0. The van der Waals surface area contributed by atoms with Crippen LogP contribution in [0.5, 0.6) is 0 Å². The lowest BCUT2D eigenvalue weighted by Crippen LogP contribution is -2.33. The topological polar surface area (TPSA) is 134 Å². The number of amides is 2. The van der Waals surface area contributed by atoms with Gasteiger partial charge < -0.3 is 21.7 Å². The van der Waals surface area contributed by atoms with Crippen LogP contribution in [0.4, 0.5) is 16.6 Å². The monoisotopic (exact) mass is 278 g/mol. The van der Waals surface area contributed by atoms with Crippen LogP contribution >= 0.6 is 0 Å². The molecule has 2 aromatic heterocycles. The van der Waals surface area contributed by atoms with Crippen LogP contribution in [0.1, 0.15) is 13.3 Å². The SMILES string of the molecule is CCCNc1nc(NCCNC(N)=O)c2cn[nH]c2n1. The molecule has 9 heteroatoms. The van der Waals surface area contributed by atoms with Gasteiger partial charge >= 0.3 is 6.03 Å². The van der Waals surface area contributed by atoms with Crippen molar-refractivity contribution in [1.29, 1.82) is 0 Å². The predicted molar refractivity (Wildman–Crippen MR) is 76.5 cm³/mol. The van der Waals surface area contributed by atoms with Gasteiger partial charge in [0.25, 0.3) is 0 Å². The van der Waals surface area contributed by atoms with Gasteiger partial charge in [0.1, 0.15) is 5.82 Å². The molecule has 0 atom stereocenters. The number of aromatic nitrogens is 4. The van der Waals surface area contributed by atoms with Crippen molar-refractivity contribution in [1.82, 2.24) is 25.5 Å². The van der Waals surface area contributed by atoms with Crippen LogP contribution in [0.2, 0.25) is 0 Å². The third kappa shape index (κ3) is 3.46. The molecule has 0 saturated carbocycles. The number of nitrogens with one attached hydrogen (secondary N) is 4. The fraction of sp³-hybridized carbons (Fsp3) is 0.455. The molecule has 0 bridgehead atoms. The molecule has 108 valence electrons.